The highest BCUT2D eigenvalue weighted by molar-refractivity contribution is 6.64. The van der Waals surface area contributed by atoms with Crippen molar-refractivity contribution in [3.63, 3.8) is 0 Å². The Morgan fingerprint density at radius 2 is 1.87 bits per heavy atom. The zero-order valence-corrected chi connectivity index (χ0v) is 9.41. The fourth-order valence-electron chi connectivity index (χ4n) is 1.79. The summed E-state index contributed by atoms with van der Waals surface area (Å²) in [5.41, 5.74) is -1.12. The van der Waals surface area contributed by atoms with Crippen molar-refractivity contribution in [2.24, 2.45) is 17.3 Å². The summed E-state index contributed by atoms with van der Waals surface area (Å²) >= 11 is 5.30. The molecule has 1 nitrogen and oxygen atoms in total. The number of halogens is 4. The van der Waals surface area contributed by atoms with Crippen molar-refractivity contribution in [2.75, 3.05) is 0 Å². The van der Waals surface area contributed by atoms with Crippen LogP contribution in [-0.2, 0) is 4.79 Å². The molecule has 0 saturated heterocycles. The molecule has 0 N–H and O–H groups in total. The molecule has 1 aliphatic rings. The second kappa shape index (κ2) is 3.51. The summed E-state index contributed by atoms with van der Waals surface area (Å²) in [6.07, 6.45) is -3.22. The van der Waals surface area contributed by atoms with E-state index in [9.17, 15) is 18.0 Å². The Balaban J connectivity index is 2.83. The number of carbonyl (C=O) groups excluding carboxylic acids is 1. The first-order chi connectivity index (χ1) is 6.58. The van der Waals surface area contributed by atoms with E-state index in [1.165, 1.54) is 0 Å². The largest absolute Gasteiger partial charge is 0.412 e. The van der Waals surface area contributed by atoms with Gasteiger partial charge in [0.25, 0.3) is 0 Å². The van der Waals surface area contributed by atoms with Crippen LogP contribution in [0.15, 0.2) is 11.6 Å². The second-order valence-corrected chi connectivity index (χ2v) is 4.85. The Morgan fingerprint density at radius 3 is 2.13 bits per heavy atom. The van der Waals surface area contributed by atoms with E-state index < -0.39 is 34.2 Å². The van der Waals surface area contributed by atoms with Crippen LogP contribution in [0.4, 0.5) is 13.2 Å². The topological polar surface area (TPSA) is 17.1 Å². The SMILES string of the molecule is C/C(=C\C1C(C(=O)Cl)C1(C)C)C(F)(F)F. The molecule has 0 aromatic rings. The van der Waals surface area contributed by atoms with Crippen LogP contribution in [0.25, 0.3) is 0 Å². The highest BCUT2D eigenvalue weighted by atomic mass is 35.5. The fourth-order valence-corrected chi connectivity index (χ4v) is 2.20. The maximum absolute atomic E-state index is 12.2. The highest BCUT2D eigenvalue weighted by Crippen LogP contribution is 2.60. The third-order valence-electron chi connectivity index (χ3n) is 3.03. The van der Waals surface area contributed by atoms with Crippen LogP contribution in [0.5, 0.6) is 0 Å². The third-order valence-corrected chi connectivity index (χ3v) is 3.27. The smallest absolute Gasteiger partial charge is 0.281 e. The summed E-state index contributed by atoms with van der Waals surface area (Å²) in [5, 5.41) is -0.559. The molecule has 0 spiro atoms. The van der Waals surface area contributed by atoms with Crippen LogP contribution < -0.4 is 0 Å². The van der Waals surface area contributed by atoms with Gasteiger partial charge in [0.05, 0.1) is 0 Å². The first-order valence-corrected chi connectivity index (χ1v) is 4.91. The molecule has 2 unspecified atom stereocenters. The van der Waals surface area contributed by atoms with Gasteiger partial charge in [-0.25, -0.2) is 0 Å². The third kappa shape index (κ3) is 2.36. The van der Waals surface area contributed by atoms with Crippen LogP contribution in [-0.4, -0.2) is 11.4 Å². The molecule has 15 heavy (non-hydrogen) atoms. The lowest BCUT2D eigenvalue weighted by molar-refractivity contribution is -0.113. The van der Waals surface area contributed by atoms with E-state index in [1.807, 2.05) is 0 Å². The normalized spacial score (nSPS) is 30.2. The maximum atomic E-state index is 12.2. The molecular weight excluding hydrogens is 229 g/mol. The van der Waals surface area contributed by atoms with Gasteiger partial charge in [-0.2, -0.15) is 13.2 Å². The molecule has 86 valence electrons. The van der Waals surface area contributed by atoms with Gasteiger partial charge in [-0.05, 0) is 29.9 Å². The van der Waals surface area contributed by atoms with Gasteiger partial charge in [-0.1, -0.05) is 19.9 Å². The summed E-state index contributed by atoms with van der Waals surface area (Å²) in [5.74, 6) is -0.888. The van der Waals surface area contributed by atoms with Crippen molar-refractivity contribution in [3.05, 3.63) is 11.6 Å². The van der Waals surface area contributed by atoms with Gasteiger partial charge in [0.1, 0.15) is 0 Å². The van der Waals surface area contributed by atoms with Crippen molar-refractivity contribution >= 4 is 16.8 Å². The summed E-state index contributed by atoms with van der Waals surface area (Å²) in [6.45, 7) is 4.48. The van der Waals surface area contributed by atoms with E-state index in [-0.39, 0.29) is 0 Å². The number of hydrogen-bond acceptors (Lipinski definition) is 1. The molecule has 0 aliphatic heterocycles. The Bertz CT molecular complexity index is 317. The van der Waals surface area contributed by atoms with Gasteiger partial charge in [0.15, 0.2) is 0 Å². The molecule has 0 radical (unpaired) electrons. The molecule has 0 aromatic heterocycles. The van der Waals surface area contributed by atoms with Gasteiger partial charge in [0, 0.05) is 11.5 Å². The molecular formula is C10H12ClF3O. The fraction of sp³-hybridized carbons (Fsp3) is 0.700. The van der Waals surface area contributed by atoms with Crippen LogP contribution in [0.2, 0.25) is 0 Å². The molecule has 2 atom stereocenters. The minimum atomic E-state index is -4.32. The predicted octanol–water partition coefficient (Wildman–Crippen LogP) is 3.53. The number of allylic oxidation sites excluding steroid dienone is 2. The molecule has 0 bridgehead atoms. The molecule has 1 aliphatic carbocycles. The zero-order chi connectivity index (χ0) is 12.0. The highest BCUT2D eigenvalue weighted by Gasteiger charge is 2.60. The standard InChI is InChI=1S/C10H12ClF3O/c1-5(10(12,13)14)4-6-7(8(11)15)9(6,2)3/h4,6-7H,1-3H3/b5-4+. The van der Waals surface area contributed by atoms with Crippen molar-refractivity contribution < 1.29 is 18.0 Å². The minimum Gasteiger partial charge on any atom is -0.281 e. The van der Waals surface area contributed by atoms with Gasteiger partial charge < -0.3 is 0 Å². The average Bonchev–Trinajstić information content (AvgIpc) is 2.50. The first-order valence-electron chi connectivity index (χ1n) is 4.53. The monoisotopic (exact) mass is 240 g/mol. The Labute approximate surface area is 91.3 Å². The van der Waals surface area contributed by atoms with E-state index in [0.29, 0.717) is 0 Å². The molecule has 1 fully saturated rings. The summed E-state index contributed by atoms with van der Waals surface area (Å²) in [6, 6.07) is 0. The van der Waals surface area contributed by atoms with Gasteiger partial charge in [0.2, 0.25) is 5.24 Å². The summed E-state index contributed by atoms with van der Waals surface area (Å²) in [4.78, 5) is 10.9. The van der Waals surface area contributed by atoms with Crippen molar-refractivity contribution in [1.82, 2.24) is 0 Å². The summed E-state index contributed by atoms with van der Waals surface area (Å²) in [7, 11) is 0. The van der Waals surface area contributed by atoms with Crippen molar-refractivity contribution in [3.8, 4) is 0 Å². The lowest BCUT2D eigenvalue weighted by Crippen LogP contribution is -2.09. The minimum absolute atomic E-state index is 0.399. The molecule has 1 saturated carbocycles. The molecule has 0 heterocycles. The number of alkyl halides is 3. The zero-order valence-electron chi connectivity index (χ0n) is 8.65. The Kier molecular flexibility index (Phi) is 2.94. The Morgan fingerprint density at radius 1 is 1.40 bits per heavy atom. The van der Waals surface area contributed by atoms with E-state index in [4.69, 9.17) is 11.6 Å². The van der Waals surface area contributed by atoms with E-state index in [1.54, 1.807) is 13.8 Å². The lowest BCUT2D eigenvalue weighted by Gasteiger charge is -2.06. The predicted molar refractivity (Wildman–Crippen MR) is 51.4 cm³/mol. The molecule has 5 heteroatoms. The number of rotatable bonds is 2. The average molecular weight is 241 g/mol. The van der Waals surface area contributed by atoms with Crippen LogP contribution in [0, 0.1) is 17.3 Å². The van der Waals surface area contributed by atoms with Crippen molar-refractivity contribution in [2.45, 2.75) is 26.9 Å². The maximum Gasteiger partial charge on any atom is 0.412 e. The number of carbonyl (C=O) groups is 1. The van der Waals surface area contributed by atoms with Gasteiger partial charge in [-0.3, -0.25) is 4.79 Å². The van der Waals surface area contributed by atoms with Crippen LogP contribution in [0.3, 0.4) is 0 Å². The van der Waals surface area contributed by atoms with Crippen LogP contribution in [0.1, 0.15) is 20.8 Å². The van der Waals surface area contributed by atoms with Gasteiger partial charge >= 0.3 is 6.18 Å². The van der Waals surface area contributed by atoms with E-state index in [2.05, 4.69) is 0 Å². The Hall–Kier alpha value is -0.510. The second-order valence-electron chi connectivity index (χ2n) is 4.48. The van der Waals surface area contributed by atoms with Crippen LogP contribution >= 0.6 is 11.6 Å². The molecule has 1 rings (SSSR count). The number of hydrogen-bond donors (Lipinski definition) is 0. The first kappa shape index (κ1) is 12.6. The van der Waals surface area contributed by atoms with E-state index >= 15 is 0 Å². The van der Waals surface area contributed by atoms with E-state index in [0.717, 1.165) is 13.0 Å². The van der Waals surface area contributed by atoms with Crippen molar-refractivity contribution in [1.29, 1.82) is 0 Å². The van der Waals surface area contributed by atoms with Gasteiger partial charge in [-0.15, -0.1) is 0 Å². The lowest BCUT2D eigenvalue weighted by atomic mass is 10.1. The molecule has 0 amide bonds. The molecule has 0 aromatic carbocycles. The summed E-state index contributed by atoms with van der Waals surface area (Å²) < 4.78 is 36.7. The quantitative estimate of drug-likeness (QED) is 0.533.